The van der Waals surface area contributed by atoms with Crippen LogP contribution in [0, 0.1) is 13.8 Å². The number of carbonyl (C=O) groups excluding carboxylic acids is 1. The zero-order chi connectivity index (χ0) is 18.8. The summed E-state index contributed by atoms with van der Waals surface area (Å²) in [5, 5.41) is 0.793. The largest absolute Gasteiger partial charge is 0.493 e. The molecule has 0 fully saturated rings. The van der Waals surface area contributed by atoms with Gasteiger partial charge >= 0.3 is 0 Å². The monoisotopic (exact) mass is 352 g/mol. The van der Waals surface area contributed by atoms with Gasteiger partial charge in [0.15, 0.2) is 11.5 Å². The van der Waals surface area contributed by atoms with Gasteiger partial charge in [0.2, 0.25) is 5.91 Å². The highest BCUT2D eigenvalue weighted by Gasteiger charge is 2.14. The van der Waals surface area contributed by atoms with Crippen LogP contribution in [0.25, 0.3) is 10.9 Å². The maximum absolute atomic E-state index is 11.5. The van der Waals surface area contributed by atoms with E-state index in [9.17, 15) is 4.79 Å². The molecule has 3 aromatic rings. The Bertz CT molecular complexity index is 999. The first-order chi connectivity index (χ1) is 12.5. The number of benzene rings is 2. The molecule has 2 N–H and O–H groups in total. The Morgan fingerprint density at radius 3 is 2.27 bits per heavy atom. The summed E-state index contributed by atoms with van der Waals surface area (Å²) in [6.07, 6.45) is 1.67. The van der Waals surface area contributed by atoms with Crippen LogP contribution in [0.15, 0.2) is 36.5 Å². The molecule has 6 heteroatoms. The predicted molar refractivity (Wildman–Crippen MR) is 99.4 cm³/mol. The SMILES string of the molecule is COc1cc2nccc(Oc3ccc(C(N)=O)c(C)c3C)c2cc1OC. The van der Waals surface area contributed by atoms with E-state index in [2.05, 4.69) is 4.98 Å². The number of primary amides is 1. The number of hydrogen-bond acceptors (Lipinski definition) is 5. The Balaban J connectivity index is 2.10. The summed E-state index contributed by atoms with van der Waals surface area (Å²) in [6, 6.07) is 8.83. The fraction of sp³-hybridized carbons (Fsp3) is 0.200. The highest BCUT2D eigenvalue weighted by Crippen LogP contribution is 2.37. The second-order valence-electron chi connectivity index (χ2n) is 5.86. The molecule has 2 aromatic carbocycles. The Morgan fingerprint density at radius 1 is 0.923 bits per heavy atom. The van der Waals surface area contributed by atoms with Gasteiger partial charge in [-0.05, 0) is 49.2 Å². The Labute approximate surface area is 151 Å². The van der Waals surface area contributed by atoms with Crippen LogP contribution < -0.4 is 19.9 Å². The summed E-state index contributed by atoms with van der Waals surface area (Å²) in [5.74, 6) is 2.01. The first-order valence-corrected chi connectivity index (χ1v) is 8.04. The van der Waals surface area contributed by atoms with Crippen molar-refractivity contribution in [2.45, 2.75) is 13.8 Å². The zero-order valence-corrected chi connectivity index (χ0v) is 15.1. The molecule has 26 heavy (non-hydrogen) atoms. The lowest BCUT2D eigenvalue weighted by Gasteiger charge is -2.15. The van der Waals surface area contributed by atoms with E-state index in [0.717, 1.165) is 22.0 Å². The molecule has 1 aromatic heterocycles. The van der Waals surface area contributed by atoms with Crippen molar-refractivity contribution in [3.8, 4) is 23.0 Å². The molecule has 0 saturated heterocycles. The number of hydrogen-bond donors (Lipinski definition) is 1. The number of methoxy groups -OCH3 is 2. The van der Waals surface area contributed by atoms with E-state index in [1.54, 1.807) is 44.7 Å². The summed E-state index contributed by atoms with van der Waals surface area (Å²) < 4.78 is 16.8. The molecule has 0 unspecified atom stereocenters. The molecule has 1 amide bonds. The molecule has 1 heterocycles. The molecule has 0 aliphatic rings. The van der Waals surface area contributed by atoms with Crippen molar-refractivity contribution >= 4 is 16.8 Å². The van der Waals surface area contributed by atoms with Gasteiger partial charge in [0.25, 0.3) is 0 Å². The van der Waals surface area contributed by atoms with Gasteiger partial charge in [0, 0.05) is 23.2 Å². The minimum Gasteiger partial charge on any atom is -0.493 e. The molecule has 0 saturated carbocycles. The van der Waals surface area contributed by atoms with Gasteiger partial charge in [-0.15, -0.1) is 0 Å². The average molecular weight is 352 g/mol. The van der Waals surface area contributed by atoms with E-state index in [-0.39, 0.29) is 0 Å². The predicted octanol–water partition coefficient (Wildman–Crippen LogP) is 3.76. The standard InChI is InChI=1S/C20H20N2O4/c1-11-12(2)16(6-5-13(11)20(21)23)26-17-7-8-22-15-10-19(25-4)18(24-3)9-14(15)17/h5-10H,1-4H3,(H2,21,23). The van der Waals surface area contributed by atoms with Gasteiger partial charge < -0.3 is 19.9 Å². The number of aromatic nitrogens is 1. The van der Waals surface area contributed by atoms with E-state index in [1.807, 2.05) is 19.9 Å². The van der Waals surface area contributed by atoms with Crippen LogP contribution in [0.2, 0.25) is 0 Å². The summed E-state index contributed by atoms with van der Waals surface area (Å²) in [4.78, 5) is 15.9. The van der Waals surface area contributed by atoms with Gasteiger partial charge in [-0.3, -0.25) is 9.78 Å². The fourth-order valence-corrected chi connectivity index (χ4v) is 2.83. The van der Waals surface area contributed by atoms with E-state index in [4.69, 9.17) is 19.9 Å². The lowest BCUT2D eigenvalue weighted by Crippen LogP contribution is -2.13. The first-order valence-electron chi connectivity index (χ1n) is 8.04. The molecule has 0 radical (unpaired) electrons. The molecule has 3 rings (SSSR count). The molecule has 134 valence electrons. The number of carbonyl (C=O) groups is 1. The van der Waals surface area contributed by atoms with Crippen molar-refractivity contribution in [1.29, 1.82) is 0 Å². The maximum atomic E-state index is 11.5. The van der Waals surface area contributed by atoms with Gasteiger partial charge in [0.1, 0.15) is 11.5 Å². The fourth-order valence-electron chi connectivity index (χ4n) is 2.83. The van der Waals surface area contributed by atoms with Crippen LogP contribution in [-0.4, -0.2) is 25.1 Å². The van der Waals surface area contributed by atoms with Gasteiger partial charge in [-0.25, -0.2) is 0 Å². The van der Waals surface area contributed by atoms with Crippen molar-refractivity contribution in [1.82, 2.24) is 4.98 Å². The first kappa shape index (κ1) is 17.5. The number of rotatable bonds is 5. The normalized spacial score (nSPS) is 10.6. The summed E-state index contributed by atoms with van der Waals surface area (Å²) >= 11 is 0. The minimum atomic E-state index is -0.455. The number of ether oxygens (including phenoxy) is 3. The average Bonchev–Trinajstić information content (AvgIpc) is 2.64. The van der Waals surface area contributed by atoms with Gasteiger partial charge in [0.05, 0.1) is 19.7 Å². The molecular formula is C20H20N2O4. The van der Waals surface area contributed by atoms with Crippen LogP contribution >= 0.6 is 0 Å². The minimum absolute atomic E-state index is 0.455. The number of fused-ring (bicyclic) bond motifs is 1. The topological polar surface area (TPSA) is 83.7 Å². The molecule has 0 atom stereocenters. The molecule has 0 spiro atoms. The number of nitrogens with zero attached hydrogens (tertiary/aromatic N) is 1. The Kier molecular flexibility index (Phi) is 4.67. The number of nitrogens with two attached hydrogens (primary N) is 1. The van der Waals surface area contributed by atoms with Crippen molar-refractivity contribution in [2.24, 2.45) is 5.73 Å². The lowest BCUT2D eigenvalue weighted by molar-refractivity contribution is 0.0999. The third-order valence-electron chi connectivity index (χ3n) is 4.43. The van der Waals surface area contributed by atoms with Crippen LogP contribution in [-0.2, 0) is 0 Å². The van der Waals surface area contributed by atoms with Gasteiger partial charge in [-0.2, -0.15) is 0 Å². The lowest BCUT2D eigenvalue weighted by atomic mass is 10.0. The smallest absolute Gasteiger partial charge is 0.248 e. The summed E-state index contributed by atoms with van der Waals surface area (Å²) in [6.45, 7) is 3.74. The van der Waals surface area contributed by atoms with Crippen LogP contribution in [0.1, 0.15) is 21.5 Å². The molecule has 0 aliphatic carbocycles. The summed E-state index contributed by atoms with van der Waals surface area (Å²) in [5.41, 5.74) is 8.27. The highest BCUT2D eigenvalue weighted by atomic mass is 16.5. The van der Waals surface area contributed by atoms with Gasteiger partial charge in [-0.1, -0.05) is 0 Å². The van der Waals surface area contributed by atoms with Crippen LogP contribution in [0.3, 0.4) is 0 Å². The molecule has 6 nitrogen and oxygen atoms in total. The zero-order valence-electron chi connectivity index (χ0n) is 15.1. The van der Waals surface area contributed by atoms with E-state index in [0.29, 0.717) is 28.6 Å². The quantitative estimate of drug-likeness (QED) is 0.756. The van der Waals surface area contributed by atoms with E-state index in [1.165, 1.54) is 0 Å². The van der Waals surface area contributed by atoms with E-state index >= 15 is 0 Å². The van der Waals surface area contributed by atoms with Crippen LogP contribution in [0.5, 0.6) is 23.0 Å². The van der Waals surface area contributed by atoms with Crippen LogP contribution in [0.4, 0.5) is 0 Å². The maximum Gasteiger partial charge on any atom is 0.248 e. The van der Waals surface area contributed by atoms with Crippen molar-refractivity contribution in [2.75, 3.05) is 14.2 Å². The van der Waals surface area contributed by atoms with Crippen molar-refractivity contribution in [3.05, 3.63) is 53.2 Å². The van der Waals surface area contributed by atoms with Crippen molar-refractivity contribution < 1.29 is 19.0 Å². The second kappa shape index (κ2) is 6.92. The highest BCUT2D eigenvalue weighted by molar-refractivity contribution is 5.95. The van der Waals surface area contributed by atoms with Crippen molar-refractivity contribution in [3.63, 3.8) is 0 Å². The molecule has 0 bridgehead atoms. The number of pyridine rings is 1. The molecular weight excluding hydrogens is 332 g/mol. The summed E-state index contributed by atoms with van der Waals surface area (Å²) in [7, 11) is 3.16. The third kappa shape index (κ3) is 3.01. The Morgan fingerprint density at radius 2 is 1.62 bits per heavy atom. The Hall–Kier alpha value is -3.28. The number of amides is 1. The molecule has 0 aliphatic heterocycles. The third-order valence-corrected chi connectivity index (χ3v) is 4.43. The van der Waals surface area contributed by atoms with E-state index < -0.39 is 5.91 Å². The second-order valence-corrected chi connectivity index (χ2v) is 5.86.